The summed E-state index contributed by atoms with van der Waals surface area (Å²) in [6, 6.07) is 1.96. The molecular weight excluding hydrogens is 290 g/mol. The Morgan fingerprint density at radius 2 is 2.00 bits per heavy atom. The second-order valence-electron chi connectivity index (χ2n) is 5.97. The summed E-state index contributed by atoms with van der Waals surface area (Å²) < 4.78 is 0. The molecule has 1 aromatic heterocycles. The van der Waals surface area contributed by atoms with Gasteiger partial charge in [0.05, 0.1) is 0 Å². The summed E-state index contributed by atoms with van der Waals surface area (Å²) in [6.45, 7) is 10.5. The number of carbonyl (C=O) groups excluding carboxylic acids is 1. The van der Waals surface area contributed by atoms with Crippen molar-refractivity contribution in [2.45, 2.75) is 40.0 Å². The van der Waals surface area contributed by atoms with Crippen LogP contribution in [-0.2, 0) is 4.79 Å². The van der Waals surface area contributed by atoms with Crippen LogP contribution in [0.2, 0.25) is 0 Å². The van der Waals surface area contributed by atoms with E-state index in [0.29, 0.717) is 24.2 Å². The van der Waals surface area contributed by atoms with Gasteiger partial charge in [-0.1, -0.05) is 0 Å². The highest BCUT2D eigenvalue weighted by molar-refractivity contribution is 5.76. The third-order valence-corrected chi connectivity index (χ3v) is 4.49. The van der Waals surface area contributed by atoms with Gasteiger partial charge in [0.15, 0.2) is 0 Å². The summed E-state index contributed by atoms with van der Waals surface area (Å²) in [6.07, 6.45) is 4.58. The second kappa shape index (κ2) is 8.70. The number of nitrogens with zero attached hydrogens (tertiary/aromatic N) is 4. The first kappa shape index (κ1) is 17.5. The lowest BCUT2D eigenvalue weighted by Crippen LogP contribution is -2.37. The van der Waals surface area contributed by atoms with Crippen molar-refractivity contribution in [2.75, 3.05) is 42.9 Å². The third kappa shape index (κ3) is 4.81. The largest absolute Gasteiger partial charge is 0.356 e. The maximum atomic E-state index is 12.2. The topological polar surface area (TPSA) is 61.4 Å². The van der Waals surface area contributed by atoms with E-state index >= 15 is 0 Å². The average molecular weight is 319 g/mol. The van der Waals surface area contributed by atoms with E-state index in [9.17, 15) is 4.79 Å². The fourth-order valence-electron chi connectivity index (χ4n) is 3.09. The van der Waals surface area contributed by atoms with Crippen LogP contribution in [0.25, 0.3) is 0 Å². The molecule has 1 N–H and O–H groups in total. The Balaban J connectivity index is 1.86. The molecule has 1 saturated heterocycles. The van der Waals surface area contributed by atoms with E-state index in [1.165, 1.54) is 0 Å². The molecule has 0 bridgehead atoms. The first-order valence-electron chi connectivity index (χ1n) is 8.77. The predicted molar refractivity (Wildman–Crippen MR) is 93.7 cm³/mol. The van der Waals surface area contributed by atoms with Crippen LogP contribution in [0.1, 0.15) is 40.0 Å². The lowest BCUT2D eigenvalue weighted by molar-refractivity contribution is -0.131. The maximum absolute atomic E-state index is 12.2. The minimum absolute atomic E-state index is 0.296. The molecule has 128 valence electrons. The van der Waals surface area contributed by atoms with E-state index in [1.807, 2.05) is 31.7 Å². The number of hydrogen-bond donors (Lipinski definition) is 1. The van der Waals surface area contributed by atoms with Gasteiger partial charge in [0.25, 0.3) is 0 Å². The van der Waals surface area contributed by atoms with E-state index in [4.69, 9.17) is 0 Å². The highest BCUT2D eigenvalue weighted by atomic mass is 16.2. The Morgan fingerprint density at radius 3 is 2.61 bits per heavy atom. The van der Waals surface area contributed by atoms with Crippen molar-refractivity contribution >= 4 is 17.7 Å². The molecule has 1 aliphatic rings. The minimum Gasteiger partial charge on any atom is -0.356 e. The molecule has 1 aromatic rings. The molecule has 0 aliphatic carbocycles. The molecule has 6 nitrogen and oxygen atoms in total. The van der Waals surface area contributed by atoms with Gasteiger partial charge in [0.1, 0.15) is 5.82 Å². The number of amides is 1. The van der Waals surface area contributed by atoms with Crippen LogP contribution < -0.4 is 10.2 Å². The molecule has 1 fully saturated rings. The molecule has 2 rings (SSSR count). The molecule has 0 spiro atoms. The molecular formula is C17H29N5O. The quantitative estimate of drug-likeness (QED) is 0.836. The first-order chi connectivity index (χ1) is 11.2. The summed E-state index contributed by atoms with van der Waals surface area (Å²) in [7, 11) is 0. The van der Waals surface area contributed by atoms with Crippen molar-refractivity contribution in [3.05, 3.63) is 12.3 Å². The van der Waals surface area contributed by atoms with Crippen molar-refractivity contribution in [1.82, 2.24) is 14.9 Å². The number of hydrogen-bond acceptors (Lipinski definition) is 5. The summed E-state index contributed by atoms with van der Waals surface area (Å²) in [5, 5.41) is 3.15. The summed E-state index contributed by atoms with van der Waals surface area (Å²) in [5.74, 6) is 2.45. The number of nitrogens with one attached hydrogen (secondary N) is 1. The standard InChI is InChI=1S/C17H29N5O/c1-4-18-17-19-10-7-15(20-17)22-11-8-14(9-12-22)13-16(23)21(5-2)6-3/h7,10,14H,4-6,8-9,11-13H2,1-3H3,(H,18,19,20). The predicted octanol–water partition coefficient (Wildman–Crippen LogP) is 2.38. The van der Waals surface area contributed by atoms with Gasteiger partial charge in [-0.25, -0.2) is 4.98 Å². The number of rotatable bonds is 7. The summed E-state index contributed by atoms with van der Waals surface area (Å²) >= 11 is 0. The van der Waals surface area contributed by atoms with E-state index in [0.717, 1.165) is 51.4 Å². The van der Waals surface area contributed by atoms with Crippen molar-refractivity contribution in [3.8, 4) is 0 Å². The number of aromatic nitrogens is 2. The smallest absolute Gasteiger partial charge is 0.224 e. The zero-order chi connectivity index (χ0) is 16.7. The van der Waals surface area contributed by atoms with Crippen LogP contribution in [0.15, 0.2) is 12.3 Å². The van der Waals surface area contributed by atoms with Gasteiger partial charge in [-0.3, -0.25) is 4.79 Å². The molecule has 0 aromatic carbocycles. The summed E-state index contributed by atoms with van der Waals surface area (Å²) in [5.41, 5.74) is 0. The Bertz CT molecular complexity index is 496. The fraction of sp³-hybridized carbons (Fsp3) is 0.706. The van der Waals surface area contributed by atoms with Gasteiger partial charge in [-0.15, -0.1) is 0 Å². The van der Waals surface area contributed by atoms with Gasteiger partial charge in [-0.05, 0) is 45.6 Å². The zero-order valence-corrected chi connectivity index (χ0v) is 14.6. The lowest BCUT2D eigenvalue weighted by atomic mass is 9.93. The van der Waals surface area contributed by atoms with E-state index in [-0.39, 0.29) is 0 Å². The zero-order valence-electron chi connectivity index (χ0n) is 14.6. The van der Waals surface area contributed by atoms with E-state index in [2.05, 4.69) is 20.2 Å². The Kier molecular flexibility index (Phi) is 6.62. The van der Waals surface area contributed by atoms with Gasteiger partial charge in [0.2, 0.25) is 11.9 Å². The second-order valence-corrected chi connectivity index (χ2v) is 5.97. The first-order valence-corrected chi connectivity index (χ1v) is 8.77. The van der Waals surface area contributed by atoms with Crippen LogP contribution >= 0.6 is 0 Å². The molecule has 1 aliphatic heterocycles. The maximum Gasteiger partial charge on any atom is 0.224 e. The van der Waals surface area contributed by atoms with E-state index < -0.39 is 0 Å². The van der Waals surface area contributed by atoms with Gasteiger partial charge < -0.3 is 15.1 Å². The number of carbonyl (C=O) groups is 1. The molecule has 2 heterocycles. The normalized spacial score (nSPS) is 15.5. The third-order valence-electron chi connectivity index (χ3n) is 4.49. The van der Waals surface area contributed by atoms with Crippen molar-refractivity contribution in [1.29, 1.82) is 0 Å². The van der Waals surface area contributed by atoms with Gasteiger partial charge >= 0.3 is 0 Å². The SMILES string of the molecule is CCNc1nccc(N2CCC(CC(=O)N(CC)CC)CC2)n1. The molecule has 6 heteroatoms. The van der Waals surface area contributed by atoms with Crippen LogP contribution in [0, 0.1) is 5.92 Å². The van der Waals surface area contributed by atoms with Gasteiger partial charge in [0, 0.05) is 45.3 Å². The molecule has 23 heavy (non-hydrogen) atoms. The van der Waals surface area contributed by atoms with Gasteiger partial charge in [-0.2, -0.15) is 4.98 Å². The highest BCUT2D eigenvalue weighted by Gasteiger charge is 2.23. The van der Waals surface area contributed by atoms with Crippen LogP contribution in [-0.4, -0.2) is 53.5 Å². The van der Waals surface area contributed by atoms with Crippen LogP contribution in [0.5, 0.6) is 0 Å². The Morgan fingerprint density at radius 1 is 1.30 bits per heavy atom. The minimum atomic E-state index is 0.296. The summed E-state index contributed by atoms with van der Waals surface area (Å²) in [4.78, 5) is 25.2. The molecule has 0 unspecified atom stereocenters. The van der Waals surface area contributed by atoms with Crippen molar-refractivity contribution in [2.24, 2.45) is 5.92 Å². The van der Waals surface area contributed by atoms with Crippen LogP contribution in [0.4, 0.5) is 11.8 Å². The number of anilines is 2. The molecule has 1 amide bonds. The van der Waals surface area contributed by atoms with Crippen molar-refractivity contribution < 1.29 is 4.79 Å². The van der Waals surface area contributed by atoms with Crippen molar-refractivity contribution in [3.63, 3.8) is 0 Å². The van der Waals surface area contributed by atoms with Crippen LogP contribution in [0.3, 0.4) is 0 Å². The Labute approximate surface area is 139 Å². The molecule has 0 saturated carbocycles. The lowest BCUT2D eigenvalue weighted by Gasteiger charge is -2.33. The monoisotopic (exact) mass is 319 g/mol. The highest BCUT2D eigenvalue weighted by Crippen LogP contribution is 2.25. The molecule has 0 radical (unpaired) electrons. The molecule has 0 atom stereocenters. The fourth-order valence-corrected chi connectivity index (χ4v) is 3.09. The Hall–Kier alpha value is -1.85. The van der Waals surface area contributed by atoms with E-state index in [1.54, 1.807) is 6.20 Å². The number of piperidine rings is 1. The average Bonchev–Trinajstić information content (AvgIpc) is 2.57.